The number of aromatic nitrogens is 2. The summed E-state index contributed by atoms with van der Waals surface area (Å²) in [4.78, 5) is 11.5. The second kappa shape index (κ2) is 12.5. The molecule has 0 spiro atoms. The number of benzene rings is 1. The van der Waals surface area contributed by atoms with E-state index < -0.39 is 5.92 Å². The van der Waals surface area contributed by atoms with Gasteiger partial charge in [0.2, 0.25) is 0 Å². The van der Waals surface area contributed by atoms with Crippen LogP contribution < -0.4 is 10.2 Å². The van der Waals surface area contributed by atoms with Crippen LogP contribution in [0.5, 0.6) is 0 Å². The molecule has 0 bridgehead atoms. The van der Waals surface area contributed by atoms with E-state index in [9.17, 15) is 0 Å². The molecule has 3 heterocycles. The lowest BCUT2D eigenvalue weighted by molar-refractivity contribution is 0.0424. The van der Waals surface area contributed by atoms with Gasteiger partial charge in [0.15, 0.2) is 0 Å². The molecule has 0 amide bonds. The van der Waals surface area contributed by atoms with E-state index in [1.807, 2.05) is 11.0 Å². The average Bonchev–Trinajstić information content (AvgIpc) is 2.92. The first-order valence-corrected chi connectivity index (χ1v) is 13.3. The number of allylic oxidation sites excluding steroid dienone is 1. The van der Waals surface area contributed by atoms with Crippen molar-refractivity contribution in [1.82, 2.24) is 14.3 Å². The minimum atomic E-state index is -3.25. The molecule has 1 aliphatic heterocycles. The molecule has 194 valence electrons. The SMILES string of the molecule is C=CCCCNc1ccc(SN2CCN(c3cc(C(F)(F)c4ccc(C=C)nc4)cc(Cl)n3)CC2)cc1. The maximum atomic E-state index is 15.3. The number of piperazine rings is 1. The summed E-state index contributed by atoms with van der Waals surface area (Å²) in [6.45, 7) is 11.1. The van der Waals surface area contributed by atoms with Gasteiger partial charge in [0.05, 0.1) is 5.69 Å². The lowest BCUT2D eigenvalue weighted by atomic mass is 10.0. The highest BCUT2D eigenvalue weighted by molar-refractivity contribution is 7.97. The molecule has 2 aromatic heterocycles. The first-order chi connectivity index (χ1) is 17.9. The fraction of sp³-hybridized carbons (Fsp3) is 0.286. The number of pyridine rings is 2. The normalized spacial score (nSPS) is 14.4. The zero-order chi connectivity index (χ0) is 26.3. The zero-order valence-corrected chi connectivity index (χ0v) is 22.1. The van der Waals surface area contributed by atoms with Crippen molar-refractivity contribution in [3.8, 4) is 0 Å². The molecule has 4 rings (SSSR count). The van der Waals surface area contributed by atoms with Gasteiger partial charge in [-0.3, -0.25) is 4.98 Å². The van der Waals surface area contributed by atoms with E-state index in [1.165, 1.54) is 36.5 Å². The van der Waals surface area contributed by atoms with Gasteiger partial charge in [-0.1, -0.05) is 24.3 Å². The summed E-state index contributed by atoms with van der Waals surface area (Å²) in [6.07, 6.45) is 6.68. The number of hydrogen-bond acceptors (Lipinski definition) is 6. The van der Waals surface area contributed by atoms with Crippen molar-refractivity contribution < 1.29 is 8.78 Å². The second-order valence-corrected chi connectivity index (χ2v) is 10.2. The number of rotatable bonds is 11. The molecule has 1 saturated heterocycles. The molecule has 1 aromatic carbocycles. The van der Waals surface area contributed by atoms with Crippen LogP contribution in [0.3, 0.4) is 0 Å². The maximum Gasteiger partial charge on any atom is 0.300 e. The first kappa shape index (κ1) is 27.1. The lowest BCUT2D eigenvalue weighted by Gasteiger charge is -2.35. The second-order valence-electron chi connectivity index (χ2n) is 8.68. The fourth-order valence-electron chi connectivity index (χ4n) is 3.98. The van der Waals surface area contributed by atoms with Gasteiger partial charge in [-0.05, 0) is 79.4 Å². The molecule has 0 unspecified atom stereocenters. The third kappa shape index (κ3) is 7.09. The van der Waals surface area contributed by atoms with Crippen molar-refractivity contribution in [2.75, 3.05) is 42.9 Å². The molecule has 1 fully saturated rings. The number of unbranched alkanes of at least 4 members (excludes halogenated alkanes) is 1. The summed E-state index contributed by atoms with van der Waals surface area (Å²) in [5, 5.41) is 3.45. The Hall–Kier alpha value is -2.94. The minimum Gasteiger partial charge on any atom is -0.385 e. The Bertz CT molecular complexity index is 1200. The number of hydrogen-bond donors (Lipinski definition) is 1. The van der Waals surface area contributed by atoms with E-state index in [-0.39, 0.29) is 16.3 Å². The van der Waals surface area contributed by atoms with Crippen molar-refractivity contribution in [1.29, 1.82) is 0 Å². The third-order valence-electron chi connectivity index (χ3n) is 6.07. The van der Waals surface area contributed by atoms with Gasteiger partial charge < -0.3 is 10.2 Å². The summed E-state index contributed by atoms with van der Waals surface area (Å²) in [5.41, 5.74) is 1.23. The summed E-state index contributed by atoms with van der Waals surface area (Å²) in [7, 11) is 0. The van der Waals surface area contributed by atoms with E-state index in [2.05, 4.69) is 57.0 Å². The third-order valence-corrected chi connectivity index (χ3v) is 7.37. The van der Waals surface area contributed by atoms with Crippen LogP contribution >= 0.6 is 23.5 Å². The van der Waals surface area contributed by atoms with Gasteiger partial charge in [-0.15, -0.1) is 6.58 Å². The Balaban J connectivity index is 1.36. The highest BCUT2D eigenvalue weighted by atomic mass is 35.5. The number of nitrogens with zero attached hydrogens (tertiary/aromatic N) is 4. The minimum absolute atomic E-state index is 0.0397. The van der Waals surface area contributed by atoms with Crippen molar-refractivity contribution in [2.24, 2.45) is 0 Å². The van der Waals surface area contributed by atoms with Crippen LogP contribution in [0.2, 0.25) is 5.15 Å². The predicted octanol–water partition coefficient (Wildman–Crippen LogP) is 7.12. The zero-order valence-electron chi connectivity index (χ0n) is 20.5. The monoisotopic (exact) mass is 541 g/mol. The standard InChI is InChI=1S/C28H30ClF2N5S/c1-3-5-6-13-32-24-9-11-25(12-10-24)37-36-16-14-35(15-17-36)27-19-22(18-26(29)34-27)28(30,31)21-7-8-23(4-2)33-20-21/h3-4,7-12,18-20,32H,1-2,5-6,13-17H2. The molecule has 0 radical (unpaired) electrons. The highest BCUT2D eigenvalue weighted by Crippen LogP contribution is 2.38. The van der Waals surface area contributed by atoms with E-state index >= 15 is 8.78 Å². The highest BCUT2D eigenvalue weighted by Gasteiger charge is 2.36. The molecular formula is C28H30ClF2N5S. The number of nitrogens with one attached hydrogen (secondary N) is 1. The fourth-order valence-corrected chi connectivity index (χ4v) is 5.08. The summed E-state index contributed by atoms with van der Waals surface area (Å²) in [6, 6.07) is 13.9. The van der Waals surface area contributed by atoms with Crippen LogP contribution in [0, 0.1) is 0 Å². The number of anilines is 2. The molecular weight excluding hydrogens is 512 g/mol. The van der Waals surface area contributed by atoms with Gasteiger partial charge >= 0.3 is 0 Å². The lowest BCUT2D eigenvalue weighted by Crippen LogP contribution is -2.43. The smallest absolute Gasteiger partial charge is 0.300 e. The van der Waals surface area contributed by atoms with Crippen LogP contribution in [0.1, 0.15) is 29.7 Å². The van der Waals surface area contributed by atoms with Crippen molar-refractivity contribution in [3.63, 3.8) is 0 Å². The van der Waals surface area contributed by atoms with Crippen LogP contribution in [-0.2, 0) is 5.92 Å². The van der Waals surface area contributed by atoms with Crippen LogP contribution in [0.15, 0.2) is 78.9 Å². The van der Waals surface area contributed by atoms with E-state index in [4.69, 9.17) is 11.6 Å². The molecule has 0 atom stereocenters. The molecule has 37 heavy (non-hydrogen) atoms. The van der Waals surface area contributed by atoms with Crippen LogP contribution in [0.4, 0.5) is 20.3 Å². The van der Waals surface area contributed by atoms with Crippen LogP contribution in [0.25, 0.3) is 6.08 Å². The molecule has 5 nitrogen and oxygen atoms in total. The average molecular weight is 542 g/mol. The Morgan fingerprint density at radius 1 is 1.03 bits per heavy atom. The number of alkyl halides is 2. The summed E-state index contributed by atoms with van der Waals surface area (Å²) < 4.78 is 32.9. The Labute approximate surface area is 226 Å². The molecule has 0 saturated carbocycles. The van der Waals surface area contributed by atoms with E-state index in [0.717, 1.165) is 43.1 Å². The molecule has 1 N–H and O–H groups in total. The molecule has 0 aliphatic carbocycles. The topological polar surface area (TPSA) is 44.3 Å². The van der Waals surface area contributed by atoms with Gasteiger partial charge in [-0.2, -0.15) is 8.78 Å². The molecule has 1 aliphatic rings. The number of halogens is 3. The predicted molar refractivity (Wildman–Crippen MR) is 151 cm³/mol. The largest absolute Gasteiger partial charge is 0.385 e. The quantitative estimate of drug-likeness (QED) is 0.121. The molecule has 9 heteroatoms. The van der Waals surface area contributed by atoms with Crippen molar-refractivity contribution in [2.45, 2.75) is 23.7 Å². The van der Waals surface area contributed by atoms with E-state index in [0.29, 0.717) is 24.6 Å². The summed E-state index contributed by atoms with van der Waals surface area (Å²) in [5.74, 6) is -2.80. The Morgan fingerprint density at radius 3 is 2.43 bits per heavy atom. The van der Waals surface area contributed by atoms with Gasteiger partial charge in [0, 0.05) is 60.6 Å². The Morgan fingerprint density at radius 2 is 1.78 bits per heavy atom. The summed E-state index contributed by atoms with van der Waals surface area (Å²) >= 11 is 7.88. The van der Waals surface area contributed by atoms with Gasteiger partial charge in [-0.25, -0.2) is 9.29 Å². The van der Waals surface area contributed by atoms with Crippen molar-refractivity contribution in [3.05, 3.63) is 95.9 Å². The van der Waals surface area contributed by atoms with Gasteiger partial charge in [0.25, 0.3) is 5.92 Å². The molecule has 3 aromatic rings. The van der Waals surface area contributed by atoms with E-state index in [1.54, 1.807) is 11.9 Å². The van der Waals surface area contributed by atoms with Crippen molar-refractivity contribution >= 4 is 41.1 Å². The maximum absolute atomic E-state index is 15.3. The van der Waals surface area contributed by atoms with Crippen LogP contribution in [-0.4, -0.2) is 47.0 Å². The first-order valence-electron chi connectivity index (χ1n) is 12.2. The Kier molecular flexibility index (Phi) is 9.18. The van der Waals surface area contributed by atoms with Gasteiger partial charge in [0.1, 0.15) is 11.0 Å².